The molecular weight excluding hydrogens is 528 g/mol. The summed E-state index contributed by atoms with van der Waals surface area (Å²) >= 11 is 0. The van der Waals surface area contributed by atoms with Gasteiger partial charge in [-0.2, -0.15) is 0 Å². The summed E-state index contributed by atoms with van der Waals surface area (Å²) in [6.45, 7) is 7.07. The molecule has 42 heavy (non-hydrogen) atoms. The van der Waals surface area contributed by atoms with E-state index < -0.39 is 12.0 Å². The first-order valence-corrected chi connectivity index (χ1v) is 16.3. The van der Waals surface area contributed by atoms with Crippen molar-refractivity contribution in [3.05, 3.63) is 36.0 Å². The molecule has 0 saturated heterocycles. The van der Waals surface area contributed by atoms with Crippen molar-refractivity contribution in [2.45, 2.75) is 104 Å². The number of para-hydroxylation sites is 1. The van der Waals surface area contributed by atoms with Gasteiger partial charge in [0.1, 0.15) is 11.8 Å². The maximum absolute atomic E-state index is 13.7. The number of Topliss-reactive ketones (excluding diaryl/α,β-unsaturated/α-hetero) is 1. The van der Waals surface area contributed by atoms with Gasteiger partial charge in [0, 0.05) is 42.3 Å². The topological polar surface area (TPSA) is 119 Å². The molecule has 4 aliphatic carbocycles. The number of fused-ring (bicyclic) bond motifs is 6. The first-order valence-electron chi connectivity index (χ1n) is 16.3. The standard InChI is InChI=1S/C35H48N2O5/c1-20(8-11-31(40)37-29(33(41)42)16-21-19-36-28-7-5-4-6-24(21)28)25-9-10-26-32-27(13-15-35(25,26)3)34(2)14-12-23(38)17-22(34)18-30(32)39/h4-7,19-20,22-23,25-27,29,32,36,38H,8-18H2,1-3H3,(H,37,40)(H,41,42)/t20?,22-,23+,25?,26?,27?,29-,32?,34?,35?/m0/s1. The molecule has 0 aliphatic heterocycles. The molecule has 1 amide bonds. The number of carboxylic acid groups (broad SMARTS) is 1. The maximum Gasteiger partial charge on any atom is 0.326 e. The number of ketones is 1. The summed E-state index contributed by atoms with van der Waals surface area (Å²) in [5.74, 6) is 1.29. The van der Waals surface area contributed by atoms with Crippen LogP contribution in [0.3, 0.4) is 0 Å². The van der Waals surface area contributed by atoms with Gasteiger partial charge in [-0.15, -0.1) is 0 Å². The minimum Gasteiger partial charge on any atom is -0.480 e. The average molecular weight is 577 g/mol. The van der Waals surface area contributed by atoms with Crippen molar-refractivity contribution < 1.29 is 24.6 Å². The highest BCUT2D eigenvalue weighted by Gasteiger charge is 2.63. The summed E-state index contributed by atoms with van der Waals surface area (Å²) in [7, 11) is 0. The van der Waals surface area contributed by atoms with Crippen LogP contribution in [-0.2, 0) is 20.8 Å². The van der Waals surface area contributed by atoms with Crippen LogP contribution in [0.15, 0.2) is 30.5 Å². The van der Waals surface area contributed by atoms with Gasteiger partial charge in [-0.25, -0.2) is 4.79 Å². The fourth-order valence-corrected chi connectivity index (χ4v) is 10.4. The second-order valence-corrected chi connectivity index (χ2v) is 14.8. The van der Waals surface area contributed by atoms with Gasteiger partial charge in [0.15, 0.2) is 0 Å². The summed E-state index contributed by atoms with van der Waals surface area (Å²) in [5, 5.41) is 24.0. The van der Waals surface area contributed by atoms with Crippen molar-refractivity contribution in [1.82, 2.24) is 10.3 Å². The lowest BCUT2D eigenvalue weighted by Gasteiger charge is -2.60. The van der Waals surface area contributed by atoms with Crippen LogP contribution < -0.4 is 5.32 Å². The van der Waals surface area contributed by atoms with E-state index in [2.05, 4.69) is 31.1 Å². The van der Waals surface area contributed by atoms with E-state index in [4.69, 9.17) is 0 Å². The monoisotopic (exact) mass is 576 g/mol. The van der Waals surface area contributed by atoms with E-state index in [1.165, 1.54) is 0 Å². The Bertz CT molecular complexity index is 1350. The van der Waals surface area contributed by atoms with Crippen molar-refractivity contribution >= 4 is 28.6 Å². The number of carbonyl (C=O) groups excluding carboxylic acids is 2. The van der Waals surface area contributed by atoms with Gasteiger partial charge in [-0.3, -0.25) is 9.59 Å². The van der Waals surface area contributed by atoms with Gasteiger partial charge in [-0.1, -0.05) is 39.0 Å². The first kappa shape index (κ1) is 29.4. The molecule has 2 aromatic rings. The van der Waals surface area contributed by atoms with Crippen LogP contribution in [0.2, 0.25) is 0 Å². The van der Waals surface area contributed by atoms with E-state index in [9.17, 15) is 24.6 Å². The number of carboxylic acids is 1. The number of aliphatic hydroxyl groups is 1. The largest absolute Gasteiger partial charge is 0.480 e. The average Bonchev–Trinajstić information content (AvgIpc) is 3.53. The lowest BCUT2D eigenvalue weighted by molar-refractivity contribution is -0.160. The molecule has 1 aromatic heterocycles. The third kappa shape index (κ3) is 4.99. The smallest absolute Gasteiger partial charge is 0.326 e. The lowest BCUT2D eigenvalue weighted by atomic mass is 9.44. The van der Waals surface area contributed by atoms with E-state index in [1.807, 2.05) is 30.5 Å². The summed E-state index contributed by atoms with van der Waals surface area (Å²) in [4.78, 5) is 41.9. The molecule has 4 aliphatic rings. The molecule has 10 atom stereocenters. The molecule has 0 radical (unpaired) electrons. The van der Waals surface area contributed by atoms with Gasteiger partial charge < -0.3 is 20.5 Å². The molecule has 4 fully saturated rings. The minimum absolute atomic E-state index is 0.100. The number of amides is 1. The molecule has 7 unspecified atom stereocenters. The zero-order valence-electron chi connectivity index (χ0n) is 25.4. The Morgan fingerprint density at radius 1 is 1.07 bits per heavy atom. The summed E-state index contributed by atoms with van der Waals surface area (Å²) in [6, 6.07) is 6.81. The third-order valence-corrected chi connectivity index (χ3v) is 12.8. The van der Waals surface area contributed by atoms with E-state index >= 15 is 0 Å². The number of nitrogens with one attached hydrogen (secondary N) is 2. The highest BCUT2D eigenvalue weighted by molar-refractivity contribution is 5.87. The first-order chi connectivity index (χ1) is 20.0. The van der Waals surface area contributed by atoms with Gasteiger partial charge >= 0.3 is 5.97 Å². The van der Waals surface area contributed by atoms with E-state index in [0.717, 1.165) is 67.8 Å². The SMILES string of the molecule is CC(CCC(=O)N[C@@H](Cc1c[nH]c2ccccc12)C(=O)O)C1CCC2C3C(=O)C[C@@H]4C[C@H](O)CCC4(C)C3CCC12C. The highest BCUT2D eigenvalue weighted by atomic mass is 16.4. The van der Waals surface area contributed by atoms with Crippen LogP contribution in [0.4, 0.5) is 0 Å². The Kier molecular flexibility index (Phi) is 7.78. The molecule has 4 saturated carbocycles. The summed E-state index contributed by atoms with van der Waals surface area (Å²) < 4.78 is 0. The van der Waals surface area contributed by atoms with Crippen molar-refractivity contribution in [3.8, 4) is 0 Å². The molecule has 1 aromatic carbocycles. The maximum atomic E-state index is 13.7. The summed E-state index contributed by atoms with van der Waals surface area (Å²) in [5.41, 5.74) is 2.10. The Morgan fingerprint density at radius 2 is 1.81 bits per heavy atom. The van der Waals surface area contributed by atoms with Crippen molar-refractivity contribution in [3.63, 3.8) is 0 Å². The molecule has 0 spiro atoms. The van der Waals surface area contributed by atoms with E-state index in [1.54, 1.807) is 0 Å². The fraction of sp³-hybridized carbons (Fsp3) is 0.686. The zero-order chi connectivity index (χ0) is 29.8. The van der Waals surface area contributed by atoms with Gasteiger partial charge in [0.2, 0.25) is 5.91 Å². The molecule has 4 N–H and O–H groups in total. The highest BCUT2D eigenvalue weighted by Crippen LogP contribution is 2.67. The number of aliphatic hydroxyl groups excluding tert-OH is 1. The normalized spacial score (nSPS) is 37.4. The number of aromatic amines is 1. The van der Waals surface area contributed by atoms with Crippen LogP contribution in [0.1, 0.15) is 90.5 Å². The molecule has 7 heteroatoms. The number of aliphatic carboxylic acids is 1. The number of hydrogen-bond donors (Lipinski definition) is 4. The Hall–Kier alpha value is -2.67. The molecule has 1 heterocycles. The molecule has 6 rings (SSSR count). The van der Waals surface area contributed by atoms with E-state index in [0.29, 0.717) is 48.2 Å². The van der Waals surface area contributed by atoms with Crippen molar-refractivity contribution in [2.75, 3.05) is 0 Å². The molecular formula is C35H48N2O5. The van der Waals surface area contributed by atoms with Gasteiger partial charge in [0.05, 0.1) is 6.10 Å². The van der Waals surface area contributed by atoms with Crippen LogP contribution in [0, 0.1) is 46.3 Å². The van der Waals surface area contributed by atoms with E-state index in [-0.39, 0.29) is 35.2 Å². The molecule has 228 valence electrons. The Balaban J connectivity index is 1.08. The number of carbonyl (C=O) groups is 3. The van der Waals surface area contributed by atoms with Gasteiger partial charge in [-0.05, 0) is 103 Å². The predicted molar refractivity (Wildman–Crippen MR) is 162 cm³/mol. The second-order valence-electron chi connectivity index (χ2n) is 14.8. The van der Waals surface area contributed by atoms with Crippen molar-refractivity contribution in [2.24, 2.45) is 46.3 Å². The predicted octanol–water partition coefficient (Wildman–Crippen LogP) is 5.89. The molecule has 7 nitrogen and oxygen atoms in total. The number of aromatic nitrogens is 1. The number of H-pyrrole nitrogens is 1. The third-order valence-electron chi connectivity index (χ3n) is 12.8. The van der Waals surface area contributed by atoms with Crippen LogP contribution in [0.25, 0.3) is 10.9 Å². The zero-order valence-corrected chi connectivity index (χ0v) is 25.4. The fourth-order valence-electron chi connectivity index (χ4n) is 10.4. The Morgan fingerprint density at radius 3 is 2.60 bits per heavy atom. The Labute approximate surface area is 249 Å². The minimum atomic E-state index is -1.02. The molecule has 0 bridgehead atoms. The lowest BCUT2D eigenvalue weighted by Crippen LogP contribution is -2.57. The van der Waals surface area contributed by atoms with Crippen LogP contribution in [0.5, 0.6) is 0 Å². The number of hydrogen-bond acceptors (Lipinski definition) is 4. The van der Waals surface area contributed by atoms with Gasteiger partial charge in [0.25, 0.3) is 0 Å². The van der Waals surface area contributed by atoms with Crippen LogP contribution in [-0.4, -0.2) is 45.0 Å². The quantitative estimate of drug-likeness (QED) is 0.312. The second kappa shape index (κ2) is 11.1. The number of rotatable bonds is 8. The number of benzene rings is 1. The van der Waals surface area contributed by atoms with Crippen LogP contribution >= 0.6 is 0 Å². The summed E-state index contributed by atoms with van der Waals surface area (Å²) in [6.07, 6.45) is 10.5. The van der Waals surface area contributed by atoms with Crippen molar-refractivity contribution in [1.29, 1.82) is 0 Å².